The Morgan fingerprint density at radius 2 is 1.92 bits per heavy atom. The number of halogens is 1. The molecule has 1 aliphatic carbocycles. The third-order valence-electron chi connectivity index (χ3n) is 5.70. The zero-order valence-electron chi connectivity index (χ0n) is 15.4. The number of piperazine rings is 1. The summed E-state index contributed by atoms with van der Waals surface area (Å²) in [5.74, 6) is -0.0235. The second kappa shape index (κ2) is 8.28. The van der Waals surface area contributed by atoms with E-state index in [1.807, 2.05) is 25.1 Å². The number of anilines is 1. The van der Waals surface area contributed by atoms with Gasteiger partial charge in [-0.1, -0.05) is 36.9 Å². The second-order valence-corrected chi connectivity index (χ2v) is 7.86. The Hall–Kier alpha value is -1.77. The number of rotatable bonds is 4. The molecule has 1 heterocycles. The number of amides is 1. The van der Waals surface area contributed by atoms with E-state index in [1.54, 1.807) is 0 Å². The second-order valence-electron chi connectivity index (χ2n) is 7.42. The predicted molar refractivity (Wildman–Crippen MR) is 104 cm³/mol. The van der Waals surface area contributed by atoms with E-state index in [2.05, 4.69) is 27.3 Å². The van der Waals surface area contributed by atoms with Gasteiger partial charge in [0.25, 0.3) is 0 Å². The molecule has 0 radical (unpaired) electrons. The summed E-state index contributed by atoms with van der Waals surface area (Å²) in [5, 5.41) is 13.4. The summed E-state index contributed by atoms with van der Waals surface area (Å²) in [6.45, 7) is 5.31. The quantitative estimate of drug-likeness (QED) is 0.879. The summed E-state index contributed by atoms with van der Waals surface area (Å²) < 4.78 is 0. The molecule has 140 valence electrons. The molecule has 1 amide bonds. The fraction of sp³-hybridized carbons (Fsp3) is 0.600. The fourth-order valence-corrected chi connectivity index (χ4v) is 4.15. The highest BCUT2D eigenvalue weighted by Crippen LogP contribution is 2.28. The third kappa shape index (κ3) is 4.31. The number of hydrogen-bond acceptors (Lipinski definition) is 4. The van der Waals surface area contributed by atoms with E-state index in [9.17, 15) is 10.1 Å². The Balaban J connectivity index is 1.55. The van der Waals surface area contributed by atoms with E-state index in [-0.39, 0.29) is 11.9 Å². The number of carbonyl (C=O) groups is 1. The van der Waals surface area contributed by atoms with Crippen LogP contribution in [-0.4, -0.2) is 48.6 Å². The van der Waals surface area contributed by atoms with Gasteiger partial charge in [0.05, 0.1) is 12.1 Å². The first kappa shape index (κ1) is 19.0. The molecule has 1 N–H and O–H groups in total. The van der Waals surface area contributed by atoms with E-state index in [0.717, 1.165) is 69.0 Å². The Bertz CT molecular complexity index is 673. The van der Waals surface area contributed by atoms with Gasteiger partial charge in [-0.3, -0.25) is 9.69 Å². The Morgan fingerprint density at radius 3 is 2.54 bits per heavy atom. The average Bonchev–Trinajstić information content (AvgIpc) is 2.68. The lowest BCUT2D eigenvalue weighted by atomic mass is 9.82. The smallest absolute Gasteiger partial charge is 0.238 e. The molecular weight excluding hydrogens is 348 g/mol. The first-order chi connectivity index (χ1) is 12.5. The van der Waals surface area contributed by atoms with Crippen molar-refractivity contribution in [1.29, 1.82) is 5.26 Å². The van der Waals surface area contributed by atoms with Gasteiger partial charge in [0.1, 0.15) is 5.54 Å². The number of benzene rings is 1. The van der Waals surface area contributed by atoms with Crippen LogP contribution in [0.15, 0.2) is 24.3 Å². The largest absolute Gasteiger partial charge is 0.369 e. The summed E-state index contributed by atoms with van der Waals surface area (Å²) >= 11 is 6.09. The lowest BCUT2D eigenvalue weighted by molar-refractivity contribution is -0.127. The Morgan fingerprint density at radius 1 is 1.23 bits per heavy atom. The molecule has 2 fully saturated rings. The van der Waals surface area contributed by atoms with Gasteiger partial charge < -0.3 is 10.2 Å². The van der Waals surface area contributed by atoms with Crippen LogP contribution in [0.2, 0.25) is 5.02 Å². The van der Waals surface area contributed by atoms with Crippen molar-refractivity contribution in [1.82, 2.24) is 10.2 Å². The molecule has 1 atom stereocenters. The van der Waals surface area contributed by atoms with Crippen LogP contribution >= 0.6 is 11.6 Å². The van der Waals surface area contributed by atoms with E-state index >= 15 is 0 Å². The molecule has 5 nitrogen and oxygen atoms in total. The molecule has 3 rings (SSSR count). The number of nitrogens with zero attached hydrogens (tertiary/aromatic N) is 3. The van der Waals surface area contributed by atoms with Gasteiger partial charge >= 0.3 is 0 Å². The summed E-state index contributed by atoms with van der Waals surface area (Å²) in [5.41, 5.74) is 0.464. The first-order valence-corrected chi connectivity index (χ1v) is 9.89. The Labute approximate surface area is 160 Å². The molecule has 6 heteroatoms. The van der Waals surface area contributed by atoms with Crippen LogP contribution in [0, 0.1) is 11.3 Å². The van der Waals surface area contributed by atoms with Crippen LogP contribution in [-0.2, 0) is 4.79 Å². The molecule has 0 spiro atoms. The number of carbonyl (C=O) groups excluding carboxylic acids is 1. The van der Waals surface area contributed by atoms with Gasteiger partial charge in [0.2, 0.25) is 5.91 Å². The molecule has 1 saturated heterocycles. The van der Waals surface area contributed by atoms with Crippen molar-refractivity contribution in [3.63, 3.8) is 0 Å². The molecule has 1 aliphatic heterocycles. The number of nitrogens with one attached hydrogen (secondary N) is 1. The minimum Gasteiger partial charge on any atom is -0.369 e. The fourth-order valence-electron chi connectivity index (χ4n) is 3.97. The third-order valence-corrected chi connectivity index (χ3v) is 5.93. The lowest BCUT2D eigenvalue weighted by Crippen LogP contribution is -2.58. The van der Waals surface area contributed by atoms with E-state index in [4.69, 9.17) is 11.6 Å². The van der Waals surface area contributed by atoms with Crippen molar-refractivity contribution in [3.8, 4) is 6.07 Å². The molecule has 2 aliphatic rings. The van der Waals surface area contributed by atoms with Crippen molar-refractivity contribution < 1.29 is 4.79 Å². The van der Waals surface area contributed by atoms with Gasteiger partial charge in [-0.15, -0.1) is 0 Å². The van der Waals surface area contributed by atoms with Crippen LogP contribution in [0.5, 0.6) is 0 Å². The standard InChI is InChI=1S/C20H27ClN4O/c1-16(19(26)23-20(15-22)8-3-2-4-9-20)24-10-12-25(13-11-24)18-7-5-6-17(21)14-18/h5-7,14,16H,2-4,8-13H2,1H3,(H,23,26). The van der Waals surface area contributed by atoms with Crippen LogP contribution < -0.4 is 10.2 Å². The zero-order chi connectivity index (χ0) is 18.6. The molecule has 1 unspecified atom stereocenters. The van der Waals surface area contributed by atoms with Gasteiger partial charge in [0, 0.05) is 36.9 Å². The molecule has 1 aromatic carbocycles. The van der Waals surface area contributed by atoms with E-state index in [1.165, 1.54) is 0 Å². The number of hydrogen-bond donors (Lipinski definition) is 1. The maximum absolute atomic E-state index is 12.7. The normalized spacial score (nSPS) is 21.7. The van der Waals surface area contributed by atoms with Crippen molar-refractivity contribution in [2.45, 2.75) is 50.6 Å². The maximum Gasteiger partial charge on any atom is 0.238 e. The van der Waals surface area contributed by atoms with Crippen molar-refractivity contribution in [2.24, 2.45) is 0 Å². The topological polar surface area (TPSA) is 59.4 Å². The van der Waals surface area contributed by atoms with Crippen LogP contribution in [0.1, 0.15) is 39.0 Å². The van der Waals surface area contributed by atoms with Gasteiger partial charge in [-0.05, 0) is 38.0 Å². The van der Waals surface area contributed by atoms with Gasteiger partial charge in [-0.25, -0.2) is 0 Å². The monoisotopic (exact) mass is 374 g/mol. The summed E-state index contributed by atoms with van der Waals surface area (Å²) in [4.78, 5) is 17.2. The lowest BCUT2D eigenvalue weighted by Gasteiger charge is -2.40. The molecule has 0 bridgehead atoms. The molecule has 0 aromatic heterocycles. The SMILES string of the molecule is CC(C(=O)NC1(C#N)CCCCC1)N1CCN(c2cccc(Cl)c2)CC1. The average molecular weight is 375 g/mol. The van der Waals surface area contributed by atoms with Gasteiger partial charge in [0.15, 0.2) is 0 Å². The zero-order valence-corrected chi connectivity index (χ0v) is 16.1. The minimum absolute atomic E-state index is 0.0235. The van der Waals surface area contributed by atoms with Crippen LogP contribution in [0.25, 0.3) is 0 Å². The van der Waals surface area contributed by atoms with Crippen molar-refractivity contribution in [3.05, 3.63) is 29.3 Å². The van der Waals surface area contributed by atoms with E-state index < -0.39 is 5.54 Å². The van der Waals surface area contributed by atoms with Crippen LogP contribution in [0.4, 0.5) is 5.69 Å². The predicted octanol–water partition coefficient (Wildman–Crippen LogP) is 3.19. The van der Waals surface area contributed by atoms with Gasteiger partial charge in [-0.2, -0.15) is 5.26 Å². The summed E-state index contributed by atoms with van der Waals surface area (Å²) in [7, 11) is 0. The highest BCUT2D eigenvalue weighted by Gasteiger charge is 2.36. The molecule has 1 saturated carbocycles. The summed E-state index contributed by atoms with van der Waals surface area (Å²) in [6.07, 6.45) is 4.72. The van der Waals surface area contributed by atoms with Crippen molar-refractivity contribution in [2.75, 3.05) is 31.1 Å². The molecular formula is C20H27ClN4O. The highest BCUT2D eigenvalue weighted by atomic mass is 35.5. The molecule has 1 aromatic rings. The molecule has 26 heavy (non-hydrogen) atoms. The maximum atomic E-state index is 12.7. The highest BCUT2D eigenvalue weighted by molar-refractivity contribution is 6.30. The van der Waals surface area contributed by atoms with E-state index in [0.29, 0.717) is 0 Å². The van der Waals surface area contributed by atoms with Crippen molar-refractivity contribution >= 4 is 23.2 Å². The minimum atomic E-state index is -0.661. The first-order valence-electron chi connectivity index (χ1n) is 9.51. The number of nitriles is 1. The van der Waals surface area contributed by atoms with Crippen LogP contribution in [0.3, 0.4) is 0 Å². The Kier molecular flexibility index (Phi) is 6.05. The summed E-state index contributed by atoms with van der Waals surface area (Å²) in [6, 6.07) is 10.0.